The normalized spacial score (nSPS) is 21.2. The second-order valence-corrected chi connectivity index (χ2v) is 18.0. The van der Waals surface area contributed by atoms with E-state index < -0.39 is 127 Å². The van der Waals surface area contributed by atoms with Gasteiger partial charge in [0.15, 0.2) is 52.4 Å². The van der Waals surface area contributed by atoms with Gasteiger partial charge < -0.3 is 6.92 Å². The van der Waals surface area contributed by atoms with Gasteiger partial charge in [0.1, 0.15) is 41.0 Å². The summed E-state index contributed by atoms with van der Waals surface area (Å²) < 4.78 is 223. The Balaban J connectivity index is 0.000000631. The van der Waals surface area contributed by atoms with E-state index in [1.807, 2.05) is 0 Å². The first-order valence-corrected chi connectivity index (χ1v) is 19.0. The second kappa shape index (κ2) is 19.3. The Kier molecular flexibility index (Phi) is 17.2. The van der Waals surface area contributed by atoms with Crippen LogP contribution in [0.2, 0.25) is 6.32 Å². The third-order valence-electron chi connectivity index (χ3n) is 12.6. The average Bonchev–Trinajstić information content (AvgIpc) is 3.75. The summed E-state index contributed by atoms with van der Waals surface area (Å²) in [6.07, 6.45) is -5.91. The van der Waals surface area contributed by atoms with E-state index in [9.17, 15) is 39.5 Å². The molecular formula is C42H48BF15Zr+2. The van der Waals surface area contributed by atoms with Gasteiger partial charge in [0.25, 0.3) is 0 Å². The van der Waals surface area contributed by atoms with E-state index in [4.69, 9.17) is 0 Å². The van der Waals surface area contributed by atoms with E-state index in [1.54, 1.807) is 0 Å². The molecule has 0 heterocycles. The molecule has 0 N–H and O–H groups in total. The first-order valence-electron chi connectivity index (χ1n) is 19.0. The maximum atomic E-state index is 15.6. The van der Waals surface area contributed by atoms with Crippen molar-refractivity contribution in [3.05, 3.63) is 94.2 Å². The van der Waals surface area contributed by atoms with E-state index >= 15 is 26.3 Å². The molecule has 326 valence electrons. The van der Waals surface area contributed by atoms with E-state index in [0.717, 1.165) is 43.4 Å². The van der Waals surface area contributed by atoms with Gasteiger partial charge >= 0.3 is 26.2 Å². The third-order valence-corrected chi connectivity index (χ3v) is 12.6. The predicted molar refractivity (Wildman–Crippen MR) is 195 cm³/mol. The maximum absolute atomic E-state index is 15.6. The van der Waals surface area contributed by atoms with Gasteiger partial charge in [0, 0.05) is 0 Å². The fourth-order valence-corrected chi connectivity index (χ4v) is 8.96. The first-order chi connectivity index (χ1) is 26.4. The van der Waals surface area contributed by atoms with Crippen LogP contribution in [0.15, 0.2) is 0 Å². The summed E-state index contributed by atoms with van der Waals surface area (Å²) in [5.74, 6) is -40.6. The van der Waals surface area contributed by atoms with Crippen LogP contribution in [0.4, 0.5) is 65.9 Å². The zero-order valence-electron chi connectivity index (χ0n) is 34.5. The molecule has 2 aliphatic carbocycles. The molecule has 2 fully saturated rings. The SMILES string of the molecule is CC(C)(C[B-](c1c(F)c(F)c(F)c(F)c1F)(c1c(F)c(F)c(F)c(F)c1F)c1c(F)c(F)c(F)c(F)c1F)C1CCCC1.CC1C(C)C(C)C(C)C1C.[CH2-]C(C)(C)C.[Zr+4]. The fourth-order valence-electron chi connectivity index (χ4n) is 8.96. The molecule has 0 aromatic heterocycles. The molecule has 3 aromatic rings. The standard InChI is InChI=1S/C27H17BF15.C10H20.C5H11.Zr/c1-27(2,8-5-3-4-6-8)7-28(9-12(29)18(35)24(41)19(36)13(9)30,10-14(31)20(37)25(42)21(38)15(10)32)11-16(33)22(39)26(43)23(40)17(11)34;1-6-7(2)9(4)10(5)8(6)3;1-5(2,3)4;/h8H,3-7H2,1-2H3;6-10H,1-5H3;1H2,2-4H3;/q-1;;-1;+4. The summed E-state index contributed by atoms with van der Waals surface area (Å²) in [7, 11) is 0. The van der Waals surface area contributed by atoms with Gasteiger partial charge in [-0.05, 0) is 35.5 Å². The third kappa shape index (κ3) is 9.95. The number of hydrogen-bond acceptors (Lipinski definition) is 0. The van der Waals surface area contributed by atoms with Crippen molar-refractivity contribution < 1.29 is 92.1 Å². The minimum absolute atomic E-state index is 0. The molecule has 0 bridgehead atoms. The van der Waals surface area contributed by atoms with Crippen LogP contribution in [0, 0.1) is 141 Å². The Morgan fingerprint density at radius 1 is 0.407 bits per heavy atom. The van der Waals surface area contributed by atoms with Crippen molar-refractivity contribution in [2.45, 2.75) is 101 Å². The van der Waals surface area contributed by atoms with Crippen molar-refractivity contribution in [3.8, 4) is 0 Å². The van der Waals surface area contributed by atoms with Crippen LogP contribution >= 0.6 is 0 Å². The zero-order chi connectivity index (χ0) is 44.9. The Morgan fingerprint density at radius 3 is 0.763 bits per heavy atom. The van der Waals surface area contributed by atoms with Gasteiger partial charge in [-0.1, -0.05) is 100 Å². The summed E-state index contributed by atoms with van der Waals surface area (Å²) in [6, 6.07) is 0. The maximum Gasteiger partial charge on any atom is 4.00 e. The molecule has 0 saturated heterocycles. The van der Waals surface area contributed by atoms with Crippen LogP contribution < -0.4 is 16.4 Å². The summed E-state index contributed by atoms with van der Waals surface area (Å²) in [6.45, 7) is 24.2. The van der Waals surface area contributed by atoms with Gasteiger partial charge in [0.05, 0.1) is 0 Å². The summed E-state index contributed by atoms with van der Waals surface area (Å²) >= 11 is 0. The van der Waals surface area contributed by atoms with E-state index in [2.05, 4.69) is 62.3 Å². The molecule has 0 radical (unpaired) electrons. The number of hydrogen-bond donors (Lipinski definition) is 0. The molecule has 2 aliphatic rings. The van der Waals surface area contributed by atoms with E-state index in [-0.39, 0.29) is 44.5 Å². The van der Waals surface area contributed by atoms with Gasteiger partial charge in [-0.15, -0.1) is 16.4 Å². The zero-order valence-corrected chi connectivity index (χ0v) is 36.9. The van der Waals surface area contributed by atoms with Crippen LogP contribution in [0.3, 0.4) is 0 Å². The van der Waals surface area contributed by atoms with E-state index in [1.165, 1.54) is 0 Å². The smallest absolute Gasteiger partial charge is 0.338 e. The number of benzene rings is 3. The van der Waals surface area contributed by atoms with Crippen LogP contribution in [-0.2, 0) is 26.2 Å². The fraction of sp³-hybridized carbons (Fsp3) is 0.548. The quantitative estimate of drug-likeness (QED) is 0.0760. The second-order valence-electron chi connectivity index (χ2n) is 18.0. The molecule has 59 heavy (non-hydrogen) atoms. The van der Waals surface area contributed by atoms with Crippen molar-refractivity contribution in [2.24, 2.45) is 46.3 Å². The molecular weight excluding hydrogens is 891 g/mol. The van der Waals surface area contributed by atoms with Crippen LogP contribution in [-0.4, -0.2) is 6.15 Å². The van der Waals surface area contributed by atoms with E-state index in [0.29, 0.717) is 12.8 Å². The van der Waals surface area contributed by atoms with Crippen molar-refractivity contribution >= 4 is 22.5 Å². The van der Waals surface area contributed by atoms with Crippen LogP contribution in [0.1, 0.15) is 94.9 Å². The Bertz CT molecular complexity index is 1700. The monoisotopic (exact) mass is 938 g/mol. The molecule has 0 amide bonds. The predicted octanol–water partition coefficient (Wildman–Crippen LogP) is 12.5. The van der Waals surface area contributed by atoms with Gasteiger partial charge in [-0.2, -0.15) is 11.7 Å². The Hall–Kier alpha value is -2.44. The van der Waals surface area contributed by atoms with Crippen molar-refractivity contribution in [1.29, 1.82) is 0 Å². The number of halogens is 15. The van der Waals surface area contributed by atoms with Gasteiger partial charge in [-0.25, -0.2) is 65.9 Å². The summed E-state index contributed by atoms with van der Waals surface area (Å²) in [5.41, 5.74) is -9.20. The molecule has 2 saturated carbocycles. The summed E-state index contributed by atoms with van der Waals surface area (Å²) in [5, 5.41) is 0. The minimum atomic E-state index is -5.53. The molecule has 0 unspecified atom stereocenters. The first kappa shape index (κ1) is 52.7. The molecule has 0 nitrogen and oxygen atoms in total. The van der Waals surface area contributed by atoms with Crippen LogP contribution in [0.25, 0.3) is 0 Å². The molecule has 17 heteroatoms. The number of rotatable bonds is 6. The van der Waals surface area contributed by atoms with Crippen molar-refractivity contribution in [3.63, 3.8) is 0 Å². The van der Waals surface area contributed by atoms with Gasteiger partial charge in [-0.3, -0.25) is 0 Å². The van der Waals surface area contributed by atoms with Gasteiger partial charge in [0.2, 0.25) is 0 Å². The Labute approximate surface area is 355 Å². The topological polar surface area (TPSA) is 0 Å². The van der Waals surface area contributed by atoms with Crippen LogP contribution in [0.5, 0.6) is 0 Å². The average molecular weight is 940 g/mol. The largest absolute Gasteiger partial charge is 4.00 e. The molecule has 0 spiro atoms. The molecule has 3 aromatic carbocycles. The summed E-state index contributed by atoms with van der Waals surface area (Å²) in [4.78, 5) is 0. The van der Waals surface area contributed by atoms with Crippen molar-refractivity contribution in [2.75, 3.05) is 0 Å². The molecule has 5 rings (SSSR count). The molecule has 0 atom stereocenters. The van der Waals surface area contributed by atoms with Crippen molar-refractivity contribution in [1.82, 2.24) is 0 Å². The molecule has 0 aliphatic heterocycles. The minimum Gasteiger partial charge on any atom is -0.338 e. The Morgan fingerprint density at radius 2 is 0.576 bits per heavy atom.